The third kappa shape index (κ3) is 25.9. The average Bonchev–Trinajstić information content (AvgIpc) is 2.84. The molecular weight excluding hydrogens is 432 g/mol. The Bertz CT molecular complexity index is 533. The zero-order valence-electron chi connectivity index (χ0n) is 21.7. The lowest BCUT2D eigenvalue weighted by molar-refractivity contribution is -0.182. The quantitative estimate of drug-likeness (QED) is 0.0738. The molecule has 0 spiro atoms. The van der Waals surface area contributed by atoms with Gasteiger partial charge in [0.2, 0.25) is 6.29 Å². The number of carbonyl (C=O) groups excluding carboxylic acids is 3. The van der Waals surface area contributed by atoms with Crippen molar-refractivity contribution in [3.8, 4) is 0 Å². The molecule has 0 heterocycles. The SMILES string of the molecule is C=CC(=O)OC(CCCCC)OC(=O)C=C.C=CC(=O)OCCCCCCCCCCCCC. The van der Waals surface area contributed by atoms with Crippen LogP contribution in [-0.2, 0) is 28.6 Å². The van der Waals surface area contributed by atoms with Gasteiger partial charge in [-0.25, -0.2) is 14.4 Å². The molecule has 0 aromatic rings. The lowest BCUT2D eigenvalue weighted by atomic mass is 10.1. The summed E-state index contributed by atoms with van der Waals surface area (Å²) in [5.41, 5.74) is 0. The molecule has 0 bridgehead atoms. The largest absolute Gasteiger partial charge is 0.463 e. The van der Waals surface area contributed by atoms with Gasteiger partial charge in [-0.1, -0.05) is 111 Å². The normalized spacial score (nSPS) is 9.97. The predicted octanol–water partition coefficient (Wildman–Crippen LogP) is 7.38. The van der Waals surface area contributed by atoms with E-state index in [0.717, 1.165) is 37.8 Å². The molecule has 0 aliphatic heterocycles. The molecule has 0 amide bonds. The third-order valence-corrected chi connectivity index (χ3v) is 5.03. The lowest BCUT2D eigenvalue weighted by Crippen LogP contribution is -2.23. The van der Waals surface area contributed by atoms with Crippen molar-refractivity contribution >= 4 is 17.9 Å². The summed E-state index contributed by atoms with van der Waals surface area (Å²) in [5, 5.41) is 0. The molecule has 0 aliphatic carbocycles. The smallest absolute Gasteiger partial charge is 0.333 e. The molecule has 0 radical (unpaired) electrons. The van der Waals surface area contributed by atoms with E-state index in [1.165, 1.54) is 70.3 Å². The molecule has 0 saturated carbocycles. The molecule has 0 atom stereocenters. The Labute approximate surface area is 207 Å². The minimum absolute atomic E-state index is 0.304. The Morgan fingerprint density at radius 1 is 0.588 bits per heavy atom. The van der Waals surface area contributed by atoms with Crippen LogP contribution in [0.25, 0.3) is 0 Å². The molecule has 0 saturated heterocycles. The van der Waals surface area contributed by atoms with E-state index in [0.29, 0.717) is 13.0 Å². The second-order valence-electron chi connectivity index (χ2n) is 8.11. The van der Waals surface area contributed by atoms with Gasteiger partial charge in [0.15, 0.2) is 0 Å². The van der Waals surface area contributed by atoms with Gasteiger partial charge in [-0.15, -0.1) is 0 Å². The van der Waals surface area contributed by atoms with E-state index in [9.17, 15) is 14.4 Å². The second-order valence-corrected chi connectivity index (χ2v) is 8.11. The highest BCUT2D eigenvalue weighted by Crippen LogP contribution is 2.11. The van der Waals surface area contributed by atoms with Crippen LogP contribution in [0.1, 0.15) is 110 Å². The molecule has 0 aromatic carbocycles. The van der Waals surface area contributed by atoms with Gasteiger partial charge in [-0.2, -0.15) is 0 Å². The number of esters is 3. The van der Waals surface area contributed by atoms with Gasteiger partial charge in [0.05, 0.1) is 6.61 Å². The van der Waals surface area contributed by atoms with Crippen LogP contribution in [0.4, 0.5) is 0 Å². The maximum Gasteiger partial charge on any atom is 0.333 e. The van der Waals surface area contributed by atoms with Crippen molar-refractivity contribution in [3.05, 3.63) is 38.0 Å². The van der Waals surface area contributed by atoms with E-state index in [4.69, 9.17) is 14.2 Å². The first-order chi connectivity index (χ1) is 16.4. The van der Waals surface area contributed by atoms with Crippen LogP contribution in [0.3, 0.4) is 0 Å². The molecular formula is C28H48O6. The molecule has 6 heteroatoms. The van der Waals surface area contributed by atoms with Crippen LogP contribution >= 0.6 is 0 Å². The molecule has 0 rings (SSSR count). The number of ether oxygens (including phenoxy) is 3. The Morgan fingerprint density at radius 3 is 1.38 bits per heavy atom. The zero-order valence-corrected chi connectivity index (χ0v) is 21.7. The van der Waals surface area contributed by atoms with E-state index >= 15 is 0 Å². The molecule has 0 aliphatic rings. The summed E-state index contributed by atoms with van der Waals surface area (Å²) in [6, 6.07) is 0. The van der Waals surface area contributed by atoms with Gasteiger partial charge in [0, 0.05) is 24.6 Å². The fourth-order valence-corrected chi connectivity index (χ4v) is 3.06. The van der Waals surface area contributed by atoms with Crippen LogP contribution < -0.4 is 0 Å². The fourth-order valence-electron chi connectivity index (χ4n) is 3.06. The molecule has 0 fully saturated rings. The second kappa shape index (κ2) is 26.9. The van der Waals surface area contributed by atoms with Crippen LogP contribution in [-0.4, -0.2) is 30.8 Å². The number of hydrogen-bond donors (Lipinski definition) is 0. The summed E-state index contributed by atoms with van der Waals surface area (Å²) in [6.45, 7) is 14.8. The van der Waals surface area contributed by atoms with Crippen molar-refractivity contribution in [1.82, 2.24) is 0 Å². The highest BCUT2D eigenvalue weighted by Gasteiger charge is 2.15. The first kappa shape index (κ1) is 33.8. The van der Waals surface area contributed by atoms with Gasteiger partial charge in [0.1, 0.15) is 0 Å². The summed E-state index contributed by atoms with van der Waals surface area (Å²) < 4.78 is 14.7. The van der Waals surface area contributed by atoms with Gasteiger partial charge < -0.3 is 14.2 Å². The van der Waals surface area contributed by atoms with Gasteiger partial charge in [-0.05, 0) is 12.8 Å². The van der Waals surface area contributed by atoms with Crippen LogP contribution in [0.2, 0.25) is 0 Å². The summed E-state index contributed by atoms with van der Waals surface area (Å²) in [6.07, 6.45) is 20.2. The third-order valence-electron chi connectivity index (χ3n) is 5.03. The van der Waals surface area contributed by atoms with E-state index in [1.54, 1.807) is 0 Å². The highest BCUT2D eigenvalue weighted by atomic mass is 16.7. The summed E-state index contributed by atoms with van der Waals surface area (Å²) in [7, 11) is 0. The van der Waals surface area contributed by atoms with Crippen molar-refractivity contribution in [3.63, 3.8) is 0 Å². The van der Waals surface area contributed by atoms with Crippen LogP contribution in [0.15, 0.2) is 38.0 Å². The Kier molecular flexibility index (Phi) is 26.7. The van der Waals surface area contributed by atoms with Crippen molar-refractivity contribution < 1.29 is 28.6 Å². The molecule has 6 nitrogen and oxygen atoms in total. The Morgan fingerprint density at radius 2 is 0.971 bits per heavy atom. The van der Waals surface area contributed by atoms with Crippen LogP contribution in [0.5, 0.6) is 0 Å². The monoisotopic (exact) mass is 480 g/mol. The lowest BCUT2D eigenvalue weighted by Gasteiger charge is -2.16. The minimum Gasteiger partial charge on any atom is -0.463 e. The van der Waals surface area contributed by atoms with E-state index in [1.807, 2.05) is 0 Å². The molecule has 0 unspecified atom stereocenters. The molecule has 196 valence electrons. The average molecular weight is 481 g/mol. The van der Waals surface area contributed by atoms with Gasteiger partial charge in [-0.3, -0.25) is 0 Å². The van der Waals surface area contributed by atoms with Crippen molar-refractivity contribution in [1.29, 1.82) is 0 Å². The van der Waals surface area contributed by atoms with Crippen molar-refractivity contribution in [2.45, 2.75) is 116 Å². The number of hydrogen-bond acceptors (Lipinski definition) is 6. The predicted molar refractivity (Wildman–Crippen MR) is 138 cm³/mol. The number of unbranched alkanes of at least 4 members (excludes halogenated alkanes) is 12. The zero-order chi connectivity index (χ0) is 25.9. The topological polar surface area (TPSA) is 78.9 Å². The van der Waals surface area contributed by atoms with Crippen molar-refractivity contribution in [2.24, 2.45) is 0 Å². The van der Waals surface area contributed by atoms with E-state index in [2.05, 4.69) is 33.6 Å². The fraction of sp³-hybridized carbons (Fsp3) is 0.679. The van der Waals surface area contributed by atoms with Gasteiger partial charge >= 0.3 is 17.9 Å². The van der Waals surface area contributed by atoms with E-state index in [-0.39, 0.29) is 5.97 Å². The van der Waals surface area contributed by atoms with E-state index < -0.39 is 18.2 Å². The molecule has 0 aromatic heterocycles. The first-order valence-corrected chi connectivity index (χ1v) is 12.9. The highest BCUT2D eigenvalue weighted by molar-refractivity contribution is 5.83. The minimum atomic E-state index is -0.845. The van der Waals surface area contributed by atoms with Gasteiger partial charge in [0.25, 0.3) is 0 Å². The Hall–Kier alpha value is -2.37. The number of rotatable bonds is 21. The van der Waals surface area contributed by atoms with Crippen molar-refractivity contribution in [2.75, 3.05) is 6.61 Å². The molecule has 0 N–H and O–H groups in total. The summed E-state index contributed by atoms with van der Waals surface area (Å²) >= 11 is 0. The molecule has 34 heavy (non-hydrogen) atoms. The standard InChI is InChI=1S/C16H30O2.C12H18O4/c1-3-5-6-7-8-9-10-11-12-13-14-15-18-16(17)4-2;1-4-7-8-9-12(15-10(13)5-2)16-11(14)6-3/h4H,2-3,5-15H2,1H3;5-6,12H,2-4,7-9H2,1H3. The summed E-state index contributed by atoms with van der Waals surface area (Å²) in [4.78, 5) is 32.7. The Balaban J connectivity index is 0. The maximum atomic E-state index is 11.0. The first-order valence-electron chi connectivity index (χ1n) is 12.9. The summed E-state index contributed by atoms with van der Waals surface area (Å²) in [5.74, 6) is -1.50. The number of carbonyl (C=O) groups is 3. The maximum absolute atomic E-state index is 11.0. The van der Waals surface area contributed by atoms with Crippen LogP contribution in [0, 0.1) is 0 Å².